The molecule has 3 nitrogen and oxygen atoms in total. The maximum absolute atomic E-state index is 11.1. The average molecular weight is 234 g/mol. The SMILES string of the molecule is CC(=O)OC1CCCCC1c1cccc(O)c1. The predicted molar refractivity (Wildman–Crippen MR) is 64.9 cm³/mol. The first-order valence-electron chi connectivity index (χ1n) is 6.13. The molecule has 0 bridgehead atoms. The second-order valence-corrected chi connectivity index (χ2v) is 4.63. The first kappa shape index (κ1) is 12.0. The van der Waals surface area contributed by atoms with Gasteiger partial charge in [0.2, 0.25) is 0 Å². The standard InChI is InChI=1S/C14H18O3/c1-10(15)17-14-8-3-2-7-13(14)11-5-4-6-12(16)9-11/h4-6,9,13-14,16H,2-3,7-8H2,1H3. The molecule has 1 saturated carbocycles. The van der Waals surface area contributed by atoms with E-state index >= 15 is 0 Å². The van der Waals surface area contributed by atoms with Gasteiger partial charge < -0.3 is 9.84 Å². The molecule has 0 aliphatic heterocycles. The zero-order valence-electron chi connectivity index (χ0n) is 10.1. The summed E-state index contributed by atoms with van der Waals surface area (Å²) in [5.41, 5.74) is 1.07. The number of phenols is 1. The van der Waals surface area contributed by atoms with Gasteiger partial charge in [-0.3, -0.25) is 4.79 Å². The molecule has 2 atom stereocenters. The summed E-state index contributed by atoms with van der Waals surface area (Å²) in [6, 6.07) is 7.26. The lowest BCUT2D eigenvalue weighted by molar-refractivity contribution is -0.148. The van der Waals surface area contributed by atoms with Crippen LogP contribution in [0.25, 0.3) is 0 Å². The average Bonchev–Trinajstić information content (AvgIpc) is 2.29. The highest BCUT2D eigenvalue weighted by Crippen LogP contribution is 2.36. The van der Waals surface area contributed by atoms with Crippen molar-refractivity contribution < 1.29 is 14.6 Å². The molecule has 0 spiro atoms. The fourth-order valence-corrected chi connectivity index (χ4v) is 2.59. The number of esters is 1. The maximum atomic E-state index is 11.1. The Kier molecular flexibility index (Phi) is 3.67. The molecule has 0 radical (unpaired) electrons. The van der Waals surface area contributed by atoms with Crippen LogP contribution in [0.2, 0.25) is 0 Å². The quantitative estimate of drug-likeness (QED) is 0.800. The van der Waals surface area contributed by atoms with Crippen molar-refractivity contribution >= 4 is 5.97 Å². The molecule has 0 aromatic heterocycles. The van der Waals surface area contributed by atoms with Gasteiger partial charge in [0.1, 0.15) is 11.9 Å². The van der Waals surface area contributed by atoms with Crippen molar-refractivity contribution in [3.63, 3.8) is 0 Å². The summed E-state index contributed by atoms with van der Waals surface area (Å²) < 4.78 is 5.38. The molecule has 1 N–H and O–H groups in total. The molecule has 92 valence electrons. The van der Waals surface area contributed by atoms with E-state index in [1.54, 1.807) is 12.1 Å². The fraction of sp³-hybridized carbons (Fsp3) is 0.500. The lowest BCUT2D eigenvalue weighted by Crippen LogP contribution is -2.27. The van der Waals surface area contributed by atoms with E-state index in [0.717, 1.165) is 31.2 Å². The summed E-state index contributed by atoms with van der Waals surface area (Å²) in [5.74, 6) is 0.274. The molecule has 17 heavy (non-hydrogen) atoms. The highest BCUT2D eigenvalue weighted by atomic mass is 16.5. The van der Waals surface area contributed by atoms with Crippen LogP contribution in [0.5, 0.6) is 5.75 Å². The second kappa shape index (κ2) is 5.21. The third kappa shape index (κ3) is 2.99. The number of benzene rings is 1. The topological polar surface area (TPSA) is 46.5 Å². The molecular formula is C14H18O3. The number of carbonyl (C=O) groups excluding carboxylic acids is 1. The summed E-state index contributed by atoms with van der Waals surface area (Å²) in [6.07, 6.45) is 4.15. The van der Waals surface area contributed by atoms with Gasteiger partial charge in [-0.25, -0.2) is 0 Å². The van der Waals surface area contributed by atoms with Crippen molar-refractivity contribution in [2.75, 3.05) is 0 Å². The van der Waals surface area contributed by atoms with Crippen molar-refractivity contribution in [3.05, 3.63) is 29.8 Å². The molecule has 1 aromatic carbocycles. The third-order valence-corrected chi connectivity index (χ3v) is 3.32. The Morgan fingerprint density at radius 2 is 2.12 bits per heavy atom. The van der Waals surface area contributed by atoms with Crippen molar-refractivity contribution in [3.8, 4) is 5.75 Å². The van der Waals surface area contributed by atoms with Crippen molar-refractivity contribution in [1.29, 1.82) is 0 Å². The Hall–Kier alpha value is -1.51. The van der Waals surface area contributed by atoms with Crippen LogP contribution in [0.15, 0.2) is 24.3 Å². The largest absolute Gasteiger partial charge is 0.508 e. The number of aromatic hydroxyl groups is 1. The minimum absolute atomic E-state index is 0.0388. The Morgan fingerprint density at radius 1 is 1.35 bits per heavy atom. The van der Waals surface area contributed by atoms with Crippen LogP contribution in [0.1, 0.15) is 44.1 Å². The van der Waals surface area contributed by atoms with Gasteiger partial charge in [0.05, 0.1) is 0 Å². The number of carbonyl (C=O) groups is 1. The molecule has 2 unspecified atom stereocenters. The predicted octanol–water partition coefficient (Wildman–Crippen LogP) is 2.98. The van der Waals surface area contributed by atoms with Gasteiger partial charge in [-0.2, -0.15) is 0 Å². The van der Waals surface area contributed by atoms with E-state index in [0.29, 0.717) is 0 Å². The number of rotatable bonds is 2. The van der Waals surface area contributed by atoms with Crippen molar-refractivity contribution in [2.45, 2.75) is 44.6 Å². The maximum Gasteiger partial charge on any atom is 0.302 e. The van der Waals surface area contributed by atoms with Crippen LogP contribution in [-0.4, -0.2) is 17.2 Å². The number of phenolic OH excluding ortho intramolecular Hbond substituents is 1. The Balaban J connectivity index is 2.18. The summed E-state index contributed by atoms with van der Waals surface area (Å²) >= 11 is 0. The first-order chi connectivity index (χ1) is 8.16. The van der Waals surface area contributed by atoms with Crippen molar-refractivity contribution in [2.24, 2.45) is 0 Å². The molecule has 0 saturated heterocycles. The monoisotopic (exact) mass is 234 g/mol. The van der Waals surface area contributed by atoms with Gasteiger partial charge in [-0.05, 0) is 37.0 Å². The second-order valence-electron chi connectivity index (χ2n) is 4.63. The molecule has 1 fully saturated rings. The lowest BCUT2D eigenvalue weighted by Gasteiger charge is -2.31. The molecule has 1 aliphatic rings. The van der Waals surface area contributed by atoms with E-state index in [4.69, 9.17) is 4.74 Å². The van der Waals surface area contributed by atoms with Crippen LogP contribution < -0.4 is 0 Å². The van der Waals surface area contributed by atoms with Gasteiger partial charge >= 0.3 is 5.97 Å². The normalized spacial score (nSPS) is 24.3. The lowest BCUT2D eigenvalue weighted by atomic mass is 9.81. The number of ether oxygens (including phenoxy) is 1. The van der Waals surface area contributed by atoms with Gasteiger partial charge in [-0.15, -0.1) is 0 Å². The summed E-state index contributed by atoms with van der Waals surface area (Å²) in [5, 5.41) is 9.50. The fourth-order valence-electron chi connectivity index (χ4n) is 2.59. The highest BCUT2D eigenvalue weighted by Gasteiger charge is 2.28. The van der Waals surface area contributed by atoms with Crippen LogP contribution in [-0.2, 0) is 9.53 Å². The number of hydrogen-bond acceptors (Lipinski definition) is 3. The summed E-state index contributed by atoms with van der Waals surface area (Å²) in [6.45, 7) is 1.45. The van der Waals surface area contributed by atoms with Gasteiger partial charge in [0.25, 0.3) is 0 Å². The Bertz CT molecular complexity index is 400. The van der Waals surface area contributed by atoms with Gasteiger partial charge in [0, 0.05) is 12.8 Å². The van der Waals surface area contributed by atoms with E-state index in [1.165, 1.54) is 6.92 Å². The van der Waals surface area contributed by atoms with Crippen LogP contribution in [0.4, 0.5) is 0 Å². The molecule has 3 heteroatoms. The third-order valence-electron chi connectivity index (χ3n) is 3.32. The highest BCUT2D eigenvalue weighted by molar-refractivity contribution is 5.66. The number of hydrogen-bond donors (Lipinski definition) is 1. The summed E-state index contributed by atoms with van der Waals surface area (Å²) in [7, 11) is 0. The first-order valence-corrected chi connectivity index (χ1v) is 6.13. The van der Waals surface area contributed by atoms with Crippen molar-refractivity contribution in [1.82, 2.24) is 0 Å². The molecule has 2 rings (SSSR count). The van der Waals surface area contributed by atoms with E-state index in [-0.39, 0.29) is 23.7 Å². The van der Waals surface area contributed by atoms with Gasteiger partial charge in [-0.1, -0.05) is 18.6 Å². The smallest absolute Gasteiger partial charge is 0.302 e. The van der Waals surface area contributed by atoms with E-state index < -0.39 is 0 Å². The molecule has 1 aliphatic carbocycles. The van der Waals surface area contributed by atoms with Crippen LogP contribution >= 0.6 is 0 Å². The summed E-state index contributed by atoms with van der Waals surface area (Å²) in [4.78, 5) is 11.1. The van der Waals surface area contributed by atoms with E-state index in [2.05, 4.69) is 0 Å². The zero-order chi connectivity index (χ0) is 12.3. The minimum atomic E-state index is -0.220. The van der Waals surface area contributed by atoms with E-state index in [9.17, 15) is 9.90 Å². The molecule has 1 aromatic rings. The minimum Gasteiger partial charge on any atom is -0.508 e. The molecule has 0 amide bonds. The zero-order valence-corrected chi connectivity index (χ0v) is 10.1. The molecule has 0 heterocycles. The molecular weight excluding hydrogens is 216 g/mol. The van der Waals surface area contributed by atoms with Crippen LogP contribution in [0.3, 0.4) is 0 Å². The van der Waals surface area contributed by atoms with Crippen LogP contribution in [0, 0.1) is 0 Å². The Morgan fingerprint density at radius 3 is 2.82 bits per heavy atom. The Labute approximate surface area is 101 Å². The van der Waals surface area contributed by atoms with E-state index in [1.807, 2.05) is 12.1 Å². The van der Waals surface area contributed by atoms with Gasteiger partial charge in [0.15, 0.2) is 0 Å².